The Kier molecular flexibility index (Phi) is 5.16. The smallest absolute Gasteiger partial charge is 0.294 e. The van der Waals surface area contributed by atoms with E-state index in [1.54, 1.807) is 12.1 Å². The molecule has 0 amide bonds. The number of benzene rings is 1. The van der Waals surface area contributed by atoms with Crippen molar-refractivity contribution in [3.8, 4) is 23.3 Å². The van der Waals surface area contributed by atoms with E-state index in [0.717, 1.165) is 12.2 Å². The third-order valence-corrected chi connectivity index (χ3v) is 4.08. The first-order chi connectivity index (χ1) is 14.1. The van der Waals surface area contributed by atoms with E-state index in [0.29, 0.717) is 18.3 Å². The maximum absolute atomic E-state index is 5.97. The molecular weight excluding hydrogens is 372 g/mol. The van der Waals surface area contributed by atoms with Crippen LogP contribution in [0.4, 0.5) is 17.6 Å². The lowest BCUT2D eigenvalue weighted by Gasteiger charge is -2.24. The molecule has 0 aliphatic rings. The number of para-hydroxylation sites is 1. The summed E-state index contributed by atoms with van der Waals surface area (Å²) in [5, 5.41) is 3.95. The molecular formula is C19H20N8O2. The first-order valence-corrected chi connectivity index (χ1v) is 8.97. The largest absolute Gasteiger partial charge is 0.459 e. The highest BCUT2D eigenvalue weighted by Crippen LogP contribution is 2.25. The zero-order valence-corrected chi connectivity index (χ0v) is 16.1. The molecule has 29 heavy (non-hydrogen) atoms. The highest BCUT2D eigenvalue weighted by atomic mass is 16.5. The maximum atomic E-state index is 5.97. The number of furan rings is 1. The maximum Gasteiger partial charge on any atom is 0.294 e. The number of anilines is 3. The summed E-state index contributed by atoms with van der Waals surface area (Å²) in [6, 6.07) is 13.3. The second-order valence-electron chi connectivity index (χ2n) is 6.51. The van der Waals surface area contributed by atoms with Crippen LogP contribution in [0.3, 0.4) is 0 Å². The van der Waals surface area contributed by atoms with Crippen molar-refractivity contribution in [1.82, 2.24) is 30.0 Å². The van der Waals surface area contributed by atoms with Crippen LogP contribution in [0.5, 0.6) is 0 Å². The molecule has 2 N–H and O–H groups in total. The summed E-state index contributed by atoms with van der Waals surface area (Å²) in [4.78, 5) is 21.4. The minimum absolute atomic E-state index is 0.0696. The van der Waals surface area contributed by atoms with Crippen molar-refractivity contribution < 1.29 is 8.94 Å². The molecule has 0 radical (unpaired) electrons. The lowest BCUT2D eigenvalue weighted by atomic mass is 10.3. The van der Waals surface area contributed by atoms with Gasteiger partial charge in [-0.15, -0.1) is 0 Å². The average Bonchev–Trinajstić information content (AvgIpc) is 3.40. The molecule has 3 heterocycles. The van der Waals surface area contributed by atoms with Crippen molar-refractivity contribution in [2.24, 2.45) is 0 Å². The monoisotopic (exact) mass is 392 g/mol. The van der Waals surface area contributed by atoms with Gasteiger partial charge in [0.25, 0.3) is 5.89 Å². The van der Waals surface area contributed by atoms with Crippen LogP contribution in [0.15, 0.2) is 57.7 Å². The number of hydrogen-bond donors (Lipinski definition) is 1. The predicted molar refractivity (Wildman–Crippen MR) is 107 cm³/mol. The summed E-state index contributed by atoms with van der Waals surface area (Å²) in [6.07, 6.45) is 1.53. The molecule has 10 heteroatoms. The summed E-state index contributed by atoms with van der Waals surface area (Å²) in [7, 11) is 4.01. The summed E-state index contributed by atoms with van der Waals surface area (Å²) in [5.74, 6) is 1.60. The molecule has 0 aliphatic heterocycles. The SMILES string of the molecule is CN(C)CCN(c1ccccc1)c1nc(N)nc(-c2noc(-c3ccco3)n2)n1. The van der Waals surface area contributed by atoms with E-state index in [9.17, 15) is 0 Å². The molecule has 0 atom stereocenters. The molecule has 3 aromatic heterocycles. The lowest BCUT2D eigenvalue weighted by Crippen LogP contribution is -2.29. The number of aromatic nitrogens is 5. The van der Waals surface area contributed by atoms with E-state index in [1.807, 2.05) is 49.3 Å². The average molecular weight is 392 g/mol. The normalized spacial score (nSPS) is 11.1. The topological polar surface area (TPSA) is 123 Å². The van der Waals surface area contributed by atoms with E-state index >= 15 is 0 Å². The third kappa shape index (κ3) is 4.22. The first-order valence-electron chi connectivity index (χ1n) is 8.97. The zero-order valence-electron chi connectivity index (χ0n) is 16.1. The van der Waals surface area contributed by atoms with Crippen molar-refractivity contribution in [1.29, 1.82) is 0 Å². The first kappa shape index (κ1) is 18.6. The summed E-state index contributed by atoms with van der Waals surface area (Å²) in [5.41, 5.74) is 6.91. The van der Waals surface area contributed by atoms with Crippen LogP contribution < -0.4 is 10.6 Å². The van der Waals surface area contributed by atoms with Crippen LogP contribution >= 0.6 is 0 Å². The van der Waals surface area contributed by atoms with Gasteiger partial charge in [0.2, 0.25) is 23.5 Å². The molecule has 0 bridgehead atoms. The van der Waals surface area contributed by atoms with Crippen molar-refractivity contribution in [2.45, 2.75) is 0 Å². The second-order valence-corrected chi connectivity index (χ2v) is 6.51. The minimum atomic E-state index is 0.0696. The minimum Gasteiger partial charge on any atom is -0.459 e. The molecule has 0 saturated heterocycles. The molecule has 0 unspecified atom stereocenters. The Labute approximate surface area is 167 Å². The van der Waals surface area contributed by atoms with Gasteiger partial charge in [-0.3, -0.25) is 0 Å². The van der Waals surface area contributed by atoms with Crippen molar-refractivity contribution in [2.75, 3.05) is 37.8 Å². The van der Waals surface area contributed by atoms with Crippen LogP contribution in [0.2, 0.25) is 0 Å². The van der Waals surface area contributed by atoms with Gasteiger partial charge in [-0.05, 0) is 38.4 Å². The van der Waals surface area contributed by atoms with Gasteiger partial charge in [0.15, 0.2) is 5.76 Å². The van der Waals surface area contributed by atoms with Crippen LogP contribution in [0.25, 0.3) is 23.3 Å². The number of rotatable bonds is 7. The van der Waals surface area contributed by atoms with Crippen LogP contribution in [-0.4, -0.2) is 57.2 Å². The Hall–Kier alpha value is -3.79. The van der Waals surface area contributed by atoms with Crippen LogP contribution in [-0.2, 0) is 0 Å². The third-order valence-electron chi connectivity index (χ3n) is 4.08. The molecule has 0 saturated carbocycles. The zero-order chi connectivity index (χ0) is 20.2. The van der Waals surface area contributed by atoms with Crippen LogP contribution in [0, 0.1) is 0 Å². The number of nitrogen functional groups attached to an aromatic ring is 1. The molecule has 1 aromatic carbocycles. The molecule has 0 aliphatic carbocycles. The van der Waals surface area contributed by atoms with Gasteiger partial charge >= 0.3 is 0 Å². The molecule has 4 rings (SSSR count). The fourth-order valence-corrected chi connectivity index (χ4v) is 2.67. The fourth-order valence-electron chi connectivity index (χ4n) is 2.67. The van der Waals surface area contributed by atoms with E-state index in [1.165, 1.54) is 6.26 Å². The van der Waals surface area contributed by atoms with Gasteiger partial charge in [-0.25, -0.2) is 0 Å². The molecule has 10 nitrogen and oxygen atoms in total. The number of nitrogens with two attached hydrogens (primary N) is 1. The quantitative estimate of drug-likeness (QED) is 0.501. The number of nitrogens with zero attached hydrogens (tertiary/aromatic N) is 7. The molecule has 4 aromatic rings. The van der Waals surface area contributed by atoms with Gasteiger partial charge in [0.1, 0.15) is 0 Å². The Bertz CT molecular complexity index is 1060. The molecule has 0 spiro atoms. The predicted octanol–water partition coefficient (Wildman–Crippen LogP) is 2.46. The highest BCUT2D eigenvalue weighted by molar-refractivity contribution is 5.60. The summed E-state index contributed by atoms with van der Waals surface area (Å²) < 4.78 is 10.5. The van der Waals surface area contributed by atoms with Gasteiger partial charge in [-0.2, -0.15) is 19.9 Å². The Morgan fingerprint density at radius 3 is 2.45 bits per heavy atom. The molecule has 148 valence electrons. The van der Waals surface area contributed by atoms with Gasteiger partial charge in [0.05, 0.1) is 6.26 Å². The van der Waals surface area contributed by atoms with E-state index in [-0.39, 0.29) is 23.5 Å². The van der Waals surface area contributed by atoms with Crippen LogP contribution in [0.1, 0.15) is 0 Å². The van der Waals surface area contributed by atoms with Crippen molar-refractivity contribution in [3.63, 3.8) is 0 Å². The summed E-state index contributed by atoms with van der Waals surface area (Å²) >= 11 is 0. The number of likely N-dealkylation sites (N-methyl/N-ethyl adjacent to an activating group) is 1. The Balaban J connectivity index is 1.71. The van der Waals surface area contributed by atoms with Gasteiger partial charge < -0.3 is 24.5 Å². The standard InChI is InChI=1S/C19H20N8O2/c1-26(2)10-11-27(13-7-4-3-5-8-13)19-23-15(22-18(20)24-19)16-21-17(29-25-16)14-9-6-12-28-14/h3-9,12H,10-11H2,1-2H3,(H2,20,22,23,24). The Morgan fingerprint density at radius 2 is 1.72 bits per heavy atom. The van der Waals surface area contributed by atoms with E-state index < -0.39 is 0 Å². The highest BCUT2D eigenvalue weighted by Gasteiger charge is 2.19. The van der Waals surface area contributed by atoms with E-state index in [4.69, 9.17) is 14.7 Å². The number of hydrogen-bond acceptors (Lipinski definition) is 10. The second kappa shape index (κ2) is 8.07. The fraction of sp³-hybridized carbons (Fsp3) is 0.211. The Morgan fingerprint density at radius 1 is 0.897 bits per heavy atom. The van der Waals surface area contributed by atoms with Crippen molar-refractivity contribution >= 4 is 17.6 Å². The summed E-state index contributed by atoms with van der Waals surface area (Å²) in [6.45, 7) is 1.45. The van der Waals surface area contributed by atoms with Crippen molar-refractivity contribution in [3.05, 3.63) is 48.7 Å². The lowest BCUT2D eigenvalue weighted by molar-refractivity contribution is 0.416. The van der Waals surface area contributed by atoms with Gasteiger partial charge in [-0.1, -0.05) is 23.4 Å². The molecule has 0 fully saturated rings. The van der Waals surface area contributed by atoms with E-state index in [2.05, 4.69) is 30.0 Å². The van der Waals surface area contributed by atoms with Gasteiger partial charge in [0, 0.05) is 18.8 Å².